The molecule has 0 spiro atoms. The molecule has 2 aliphatic rings. The second kappa shape index (κ2) is 8.98. The number of benzene rings is 2. The van der Waals surface area contributed by atoms with Gasteiger partial charge < -0.3 is 4.74 Å². The summed E-state index contributed by atoms with van der Waals surface area (Å²) >= 11 is 2.47. The van der Waals surface area contributed by atoms with E-state index in [0.717, 1.165) is 16.4 Å². The molecule has 0 N–H and O–H groups in total. The molecule has 5 heterocycles. The van der Waals surface area contributed by atoms with E-state index in [2.05, 4.69) is 13.7 Å². The molecule has 5 aromatic rings. The van der Waals surface area contributed by atoms with Gasteiger partial charge in [-0.25, -0.2) is 9.59 Å². The number of pyridine rings is 1. The van der Waals surface area contributed by atoms with Gasteiger partial charge in [0.25, 0.3) is 0 Å². The van der Waals surface area contributed by atoms with Gasteiger partial charge in [-0.15, -0.1) is 4.48 Å². The van der Waals surface area contributed by atoms with E-state index in [1.54, 1.807) is 54.7 Å². The van der Waals surface area contributed by atoms with Crippen LogP contribution >= 0.6 is 23.1 Å². The molecule has 0 radical (unpaired) electrons. The van der Waals surface area contributed by atoms with Crippen molar-refractivity contribution in [2.24, 2.45) is 0 Å². The fourth-order valence-corrected chi connectivity index (χ4v) is 6.84. The average molecular weight is 595 g/mol. The van der Waals surface area contributed by atoms with Crippen LogP contribution < -0.4 is 4.48 Å². The molecule has 0 bridgehead atoms. The van der Waals surface area contributed by atoms with Crippen molar-refractivity contribution in [3.05, 3.63) is 78.3 Å². The topological polar surface area (TPSA) is 88.6 Å². The summed E-state index contributed by atoms with van der Waals surface area (Å²) in [6.07, 6.45) is -3.04. The maximum absolute atomic E-state index is 14.2. The lowest BCUT2D eigenvalue weighted by molar-refractivity contribution is -0.127. The maximum Gasteiger partial charge on any atom is 0.441 e. The van der Waals surface area contributed by atoms with Gasteiger partial charge >= 0.3 is 18.1 Å². The number of hydrogen-bond donors (Lipinski definition) is 0. The Kier molecular flexibility index (Phi) is 5.67. The summed E-state index contributed by atoms with van der Waals surface area (Å²) in [5.74, 6) is -1.04. The van der Waals surface area contributed by atoms with Gasteiger partial charge in [-0.1, -0.05) is 6.07 Å². The maximum atomic E-state index is 14.2. The van der Waals surface area contributed by atoms with Crippen LogP contribution in [0.25, 0.3) is 31.6 Å². The zero-order valence-corrected chi connectivity index (χ0v) is 23.0. The Labute approximate surface area is 238 Å². The van der Waals surface area contributed by atoms with Gasteiger partial charge in [-0.2, -0.15) is 21.9 Å². The first-order chi connectivity index (χ1) is 19.6. The molecule has 41 heavy (non-hydrogen) atoms. The Hall–Kier alpha value is -4.04. The first-order valence-corrected chi connectivity index (χ1v) is 14.0. The summed E-state index contributed by atoms with van der Waals surface area (Å²) in [5.41, 5.74) is 0.839. The van der Waals surface area contributed by atoms with E-state index in [4.69, 9.17) is 4.74 Å². The van der Waals surface area contributed by atoms with Crippen molar-refractivity contribution < 1.29 is 27.5 Å². The van der Waals surface area contributed by atoms with Crippen molar-refractivity contribution in [1.82, 2.24) is 23.1 Å². The van der Waals surface area contributed by atoms with Gasteiger partial charge in [0, 0.05) is 48.3 Å². The van der Waals surface area contributed by atoms with Gasteiger partial charge in [-0.3, -0.25) is 9.88 Å². The third-order valence-corrected chi connectivity index (χ3v) is 9.08. The number of carbonyl (C=O) groups is 2. The number of nitrogens with zero attached hydrogens (tertiary/aromatic N) is 5. The third kappa shape index (κ3) is 3.84. The Balaban J connectivity index is 1.50. The van der Waals surface area contributed by atoms with Gasteiger partial charge in [0.2, 0.25) is 0 Å². The van der Waals surface area contributed by atoms with E-state index in [0.29, 0.717) is 38.8 Å². The van der Waals surface area contributed by atoms with E-state index in [1.165, 1.54) is 23.1 Å². The fourth-order valence-electron chi connectivity index (χ4n) is 5.28. The summed E-state index contributed by atoms with van der Waals surface area (Å²) in [4.78, 5) is 33.1. The van der Waals surface area contributed by atoms with Crippen LogP contribution in [0.5, 0.6) is 0 Å². The smallest absolute Gasteiger partial charge is 0.363 e. The van der Waals surface area contributed by atoms with Crippen molar-refractivity contribution in [2.75, 3.05) is 7.05 Å². The molecule has 206 valence electrons. The Morgan fingerprint density at radius 2 is 1.61 bits per heavy atom. The molecule has 13 heteroatoms. The van der Waals surface area contributed by atoms with Crippen molar-refractivity contribution in [3.63, 3.8) is 0 Å². The van der Waals surface area contributed by atoms with Crippen molar-refractivity contribution >= 4 is 66.6 Å². The predicted molar refractivity (Wildman–Crippen MR) is 150 cm³/mol. The molecule has 3 amide bonds. The molecule has 1 saturated heterocycles. The van der Waals surface area contributed by atoms with Crippen LogP contribution in [0, 0.1) is 0 Å². The van der Waals surface area contributed by atoms with Crippen LogP contribution in [-0.2, 0) is 9.53 Å². The average Bonchev–Trinajstić information content (AvgIpc) is 3.33. The lowest BCUT2D eigenvalue weighted by Crippen LogP contribution is -2.62. The van der Waals surface area contributed by atoms with Crippen molar-refractivity contribution in [3.8, 4) is 11.4 Å². The molecular weight excluding hydrogens is 575 g/mol. The van der Waals surface area contributed by atoms with Crippen LogP contribution in [0.2, 0.25) is 0 Å². The van der Waals surface area contributed by atoms with Crippen molar-refractivity contribution in [1.29, 1.82) is 0 Å². The van der Waals surface area contributed by atoms with Crippen LogP contribution in [0.1, 0.15) is 18.7 Å². The lowest BCUT2D eigenvalue weighted by Gasteiger charge is -2.38. The molecule has 2 aliphatic heterocycles. The van der Waals surface area contributed by atoms with E-state index >= 15 is 0 Å². The SMILES string of the molecule is C[C@H]1O[C@@H]1c1nsc2ccc([N+]3(c4ccc5snc(-c6ccccn6)c5c4)C(=O)C=C(C(F)(F)F)N(C)C3=O)cc12. The summed E-state index contributed by atoms with van der Waals surface area (Å²) in [7, 11) is 1.03. The number of imide groups is 1. The number of allylic oxidation sites excluding steroid dienone is 1. The number of epoxide rings is 1. The number of aromatic nitrogens is 3. The fraction of sp³-hybridized carbons (Fsp3) is 0.179. The Bertz CT molecular complexity index is 1920. The van der Waals surface area contributed by atoms with Crippen LogP contribution in [-0.4, -0.2) is 49.9 Å². The molecule has 0 aliphatic carbocycles. The highest BCUT2D eigenvalue weighted by atomic mass is 32.1. The number of fused-ring (bicyclic) bond motifs is 2. The Morgan fingerprint density at radius 3 is 2.24 bits per heavy atom. The predicted octanol–water partition coefficient (Wildman–Crippen LogP) is 7.11. The van der Waals surface area contributed by atoms with Gasteiger partial charge in [0.05, 0.1) is 33.0 Å². The van der Waals surface area contributed by atoms with E-state index < -0.39 is 28.3 Å². The molecule has 1 unspecified atom stereocenters. The zero-order chi connectivity index (χ0) is 28.7. The summed E-state index contributed by atoms with van der Waals surface area (Å²) in [6.45, 7) is 1.91. The molecule has 1 fully saturated rings. The van der Waals surface area contributed by atoms with Gasteiger partial charge in [-0.05, 0) is 54.3 Å². The van der Waals surface area contributed by atoms with Gasteiger partial charge in [0.1, 0.15) is 17.5 Å². The van der Waals surface area contributed by atoms with Crippen LogP contribution in [0.15, 0.2) is 72.6 Å². The molecule has 0 saturated carbocycles. The zero-order valence-electron chi connectivity index (χ0n) is 21.4. The number of alkyl halides is 3. The van der Waals surface area contributed by atoms with E-state index in [1.807, 2.05) is 13.0 Å². The minimum atomic E-state index is -4.91. The monoisotopic (exact) mass is 594 g/mol. The molecular formula is C28H19F3N5O3S2+. The summed E-state index contributed by atoms with van der Waals surface area (Å²) < 4.78 is 56.8. The largest absolute Gasteiger partial charge is 0.441 e. The number of halogens is 3. The van der Waals surface area contributed by atoms with Crippen LogP contribution in [0.3, 0.4) is 0 Å². The first kappa shape index (κ1) is 25.9. The molecule has 2 aromatic carbocycles. The molecule has 8 nitrogen and oxygen atoms in total. The van der Waals surface area contributed by atoms with E-state index in [9.17, 15) is 22.8 Å². The highest BCUT2D eigenvalue weighted by molar-refractivity contribution is 7.13. The first-order valence-electron chi connectivity index (χ1n) is 12.5. The number of urea groups is 1. The Morgan fingerprint density at radius 1 is 0.951 bits per heavy atom. The molecule has 3 atom stereocenters. The number of hydrogen-bond acceptors (Lipinski definition) is 8. The number of quaternary nitrogens is 1. The second-order valence-corrected chi connectivity index (χ2v) is 11.4. The van der Waals surface area contributed by atoms with Gasteiger partial charge in [0.15, 0.2) is 11.4 Å². The number of ether oxygens (including phenoxy) is 1. The minimum Gasteiger partial charge on any atom is -0.363 e. The molecule has 7 rings (SSSR count). The van der Waals surface area contributed by atoms with Crippen molar-refractivity contribution in [2.45, 2.75) is 25.3 Å². The highest BCUT2D eigenvalue weighted by Gasteiger charge is 2.58. The molecule has 3 aromatic heterocycles. The second-order valence-electron chi connectivity index (χ2n) is 9.81. The standard InChI is InChI=1S/C28H19F3N5O3S2/c1-14-26(39-14)25-18-12-16(7-9-21(18)41-34-25)36(23(37)13-22(28(29,30)31)35(2)27(36)38)15-6-8-20-17(11-15)24(33-40-20)19-5-3-4-10-32-19/h3-14,26H,1-2H3/q+1/t14-,26+,36?/m1/s1. The normalized spacial score (nSPS) is 23.0. The number of rotatable bonds is 4. The summed E-state index contributed by atoms with van der Waals surface area (Å²) in [5, 5.41) is 1.30. The highest BCUT2D eigenvalue weighted by Crippen LogP contribution is 2.48. The quantitative estimate of drug-likeness (QED) is 0.163. The van der Waals surface area contributed by atoms with Crippen LogP contribution in [0.4, 0.5) is 29.3 Å². The lowest BCUT2D eigenvalue weighted by atomic mass is 10.0. The minimum absolute atomic E-state index is 0.0349. The third-order valence-electron chi connectivity index (χ3n) is 7.41. The van der Waals surface area contributed by atoms with E-state index in [-0.39, 0.29) is 23.6 Å². The number of amides is 3. The summed E-state index contributed by atoms with van der Waals surface area (Å²) in [6, 6.07) is 14.2. The number of carbonyl (C=O) groups excluding carboxylic acids is 2.